The van der Waals surface area contributed by atoms with Gasteiger partial charge in [-0.3, -0.25) is 9.98 Å². The molecule has 2 N–H and O–H groups in total. The van der Waals surface area contributed by atoms with Crippen LogP contribution in [0.15, 0.2) is 59.9 Å². The van der Waals surface area contributed by atoms with Gasteiger partial charge in [-0.15, -0.1) is 0 Å². The van der Waals surface area contributed by atoms with Crippen molar-refractivity contribution in [1.82, 2.24) is 15.6 Å². The maximum absolute atomic E-state index is 4.89. The molecule has 0 amide bonds. The van der Waals surface area contributed by atoms with Crippen LogP contribution in [-0.2, 0) is 11.8 Å². The van der Waals surface area contributed by atoms with Gasteiger partial charge in [0, 0.05) is 30.9 Å². The number of nitrogens with one attached hydrogen (secondary N) is 2. The summed E-state index contributed by atoms with van der Waals surface area (Å²) in [5, 5.41) is 6.82. The zero-order valence-corrected chi connectivity index (χ0v) is 15.0. The Hall–Kier alpha value is -2.36. The molecule has 1 saturated carbocycles. The second-order valence-electron chi connectivity index (χ2n) is 6.73. The Kier molecular flexibility index (Phi) is 6.04. The lowest BCUT2D eigenvalue weighted by molar-refractivity contribution is 0.253. The van der Waals surface area contributed by atoms with Crippen LogP contribution in [0.2, 0.25) is 0 Å². The van der Waals surface area contributed by atoms with Gasteiger partial charge in [0.05, 0.1) is 6.54 Å². The number of aromatic nitrogens is 1. The van der Waals surface area contributed by atoms with E-state index in [-0.39, 0.29) is 5.41 Å². The van der Waals surface area contributed by atoms with Gasteiger partial charge in [0.15, 0.2) is 5.96 Å². The first kappa shape index (κ1) is 17.5. The Morgan fingerprint density at radius 3 is 2.60 bits per heavy atom. The van der Waals surface area contributed by atoms with E-state index in [0.29, 0.717) is 0 Å². The summed E-state index contributed by atoms with van der Waals surface area (Å²) in [5.41, 5.74) is 2.90. The normalized spacial score (nSPS) is 16.1. The van der Waals surface area contributed by atoms with Gasteiger partial charge < -0.3 is 10.6 Å². The molecular weight excluding hydrogens is 308 g/mol. The van der Waals surface area contributed by atoms with E-state index in [0.717, 1.165) is 32.0 Å². The Bertz CT molecular complexity index is 663. The second kappa shape index (κ2) is 8.65. The molecule has 4 nitrogen and oxygen atoms in total. The fourth-order valence-electron chi connectivity index (χ4n) is 3.38. The van der Waals surface area contributed by atoms with Gasteiger partial charge >= 0.3 is 0 Å². The van der Waals surface area contributed by atoms with Gasteiger partial charge in [0.1, 0.15) is 0 Å². The number of benzene rings is 1. The highest BCUT2D eigenvalue weighted by Crippen LogP contribution is 2.43. The topological polar surface area (TPSA) is 49.3 Å². The average Bonchev–Trinajstić information content (AvgIpc) is 2.62. The summed E-state index contributed by atoms with van der Waals surface area (Å²) < 4.78 is 0. The van der Waals surface area contributed by atoms with Crippen molar-refractivity contribution in [2.75, 3.05) is 19.6 Å². The Balaban J connectivity index is 1.59. The molecule has 0 atom stereocenters. The van der Waals surface area contributed by atoms with Crippen LogP contribution in [0.1, 0.15) is 37.3 Å². The van der Waals surface area contributed by atoms with Crippen LogP contribution >= 0.6 is 0 Å². The van der Waals surface area contributed by atoms with E-state index < -0.39 is 0 Å². The van der Waals surface area contributed by atoms with Crippen LogP contribution in [0.25, 0.3) is 0 Å². The van der Waals surface area contributed by atoms with Crippen LogP contribution in [0, 0.1) is 0 Å². The van der Waals surface area contributed by atoms with E-state index in [1.54, 1.807) is 0 Å². The first-order valence-corrected chi connectivity index (χ1v) is 9.29. The van der Waals surface area contributed by atoms with Gasteiger partial charge in [0.25, 0.3) is 0 Å². The van der Waals surface area contributed by atoms with Crippen molar-refractivity contribution in [1.29, 1.82) is 0 Å². The predicted octanol–water partition coefficient (Wildman–Crippen LogP) is 3.30. The summed E-state index contributed by atoms with van der Waals surface area (Å²) in [6.45, 7) is 4.68. The van der Waals surface area contributed by atoms with Crippen LogP contribution in [0.4, 0.5) is 0 Å². The minimum absolute atomic E-state index is 0.229. The number of pyridine rings is 1. The molecule has 0 aliphatic heterocycles. The lowest BCUT2D eigenvalue weighted by Gasteiger charge is -2.41. The summed E-state index contributed by atoms with van der Waals surface area (Å²) in [7, 11) is 0. The van der Waals surface area contributed by atoms with Crippen molar-refractivity contribution in [3.8, 4) is 0 Å². The maximum Gasteiger partial charge on any atom is 0.191 e. The highest BCUT2D eigenvalue weighted by Gasteiger charge is 2.38. The molecule has 25 heavy (non-hydrogen) atoms. The summed E-state index contributed by atoms with van der Waals surface area (Å²) >= 11 is 0. The molecule has 0 spiro atoms. The molecule has 1 aliphatic carbocycles. The van der Waals surface area contributed by atoms with Crippen LogP contribution < -0.4 is 10.6 Å². The number of rotatable bonds is 7. The number of nitrogens with zero attached hydrogens (tertiary/aromatic N) is 2. The molecule has 1 aromatic heterocycles. The van der Waals surface area contributed by atoms with Crippen molar-refractivity contribution in [2.24, 2.45) is 4.99 Å². The molecule has 0 saturated heterocycles. The fourth-order valence-corrected chi connectivity index (χ4v) is 3.38. The molecular formula is C21H28N4. The molecule has 0 unspecified atom stereocenters. The Morgan fingerprint density at radius 1 is 1.12 bits per heavy atom. The lowest BCUT2D eigenvalue weighted by atomic mass is 9.64. The van der Waals surface area contributed by atoms with Gasteiger partial charge in [-0.2, -0.15) is 0 Å². The van der Waals surface area contributed by atoms with Crippen LogP contribution in [0.3, 0.4) is 0 Å². The third-order valence-corrected chi connectivity index (χ3v) is 5.01. The molecule has 1 aromatic carbocycles. The number of hydrogen-bond donors (Lipinski definition) is 2. The van der Waals surface area contributed by atoms with E-state index in [2.05, 4.69) is 58.9 Å². The van der Waals surface area contributed by atoms with Crippen LogP contribution in [0.5, 0.6) is 0 Å². The largest absolute Gasteiger partial charge is 0.357 e. The van der Waals surface area contributed by atoms with Gasteiger partial charge in [-0.05, 0) is 43.4 Å². The van der Waals surface area contributed by atoms with Crippen LogP contribution in [-0.4, -0.2) is 30.6 Å². The number of aliphatic imine (C=N–C) groups is 1. The Labute approximate surface area is 150 Å². The van der Waals surface area contributed by atoms with Gasteiger partial charge in [-0.1, -0.05) is 42.8 Å². The van der Waals surface area contributed by atoms with Crippen molar-refractivity contribution in [2.45, 2.75) is 38.0 Å². The van der Waals surface area contributed by atoms with Gasteiger partial charge in [-0.25, -0.2) is 0 Å². The highest BCUT2D eigenvalue weighted by molar-refractivity contribution is 5.79. The van der Waals surface area contributed by atoms with Crippen molar-refractivity contribution >= 4 is 5.96 Å². The summed E-state index contributed by atoms with van der Waals surface area (Å²) in [4.78, 5) is 9.06. The molecule has 1 fully saturated rings. The zero-order chi connectivity index (χ0) is 17.4. The summed E-state index contributed by atoms with van der Waals surface area (Å²) in [6.07, 6.45) is 8.44. The molecule has 4 heteroatoms. The first-order valence-electron chi connectivity index (χ1n) is 9.29. The molecule has 3 rings (SSSR count). The number of hydrogen-bond acceptors (Lipinski definition) is 2. The van der Waals surface area contributed by atoms with E-state index in [9.17, 15) is 0 Å². The van der Waals surface area contributed by atoms with Crippen molar-refractivity contribution in [3.05, 3.63) is 66.0 Å². The third-order valence-electron chi connectivity index (χ3n) is 5.01. The zero-order valence-electron chi connectivity index (χ0n) is 15.0. The maximum atomic E-state index is 4.89. The molecule has 1 heterocycles. The van der Waals surface area contributed by atoms with E-state index in [1.807, 2.05) is 18.5 Å². The molecule has 0 radical (unpaired) electrons. The van der Waals surface area contributed by atoms with Crippen molar-refractivity contribution in [3.63, 3.8) is 0 Å². The van der Waals surface area contributed by atoms with Crippen molar-refractivity contribution < 1.29 is 0 Å². The molecule has 132 valence electrons. The number of guanidine groups is 1. The standard InChI is InChI=1S/C21H28N4/c1-2-23-20(24-15-11-18-8-6-14-22-16-18)25-17-21(12-7-13-21)19-9-4-3-5-10-19/h3-6,8-10,14,16H,2,7,11-13,15,17H2,1H3,(H2,23,24,25). The SMILES string of the molecule is CCNC(=NCC1(c2ccccc2)CCC1)NCCc1cccnc1. The first-order chi connectivity index (χ1) is 12.3. The molecule has 2 aromatic rings. The monoisotopic (exact) mass is 336 g/mol. The van der Waals surface area contributed by atoms with E-state index in [4.69, 9.17) is 4.99 Å². The Morgan fingerprint density at radius 2 is 1.96 bits per heavy atom. The minimum Gasteiger partial charge on any atom is -0.357 e. The van der Waals surface area contributed by atoms with E-state index >= 15 is 0 Å². The summed E-state index contributed by atoms with van der Waals surface area (Å²) in [6, 6.07) is 14.9. The quantitative estimate of drug-likeness (QED) is 0.602. The smallest absolute Gasteiger partial charge is 0.191 e. The summed E-state index contributed by atoms with van der Waals surface area (Å²) in [5.74, 6) is 0.911. The highest BCUT2D eigenvalue weighted by atomic mass is 15.2. The van der Waals surface area contributed by atoms with E-state index in [1.165, 1.54) is 30.4 Å². The van der Waals surface area contributed by atoms with Gasteiger partial charge in [0.2, 0.25) is 0 Å². The molecule has 0 bridgehead atoms. The predicted molar refractivity (Wildman–Crippen MR) is 104 cm³/mol. The average molecular weight is 336 g/mol. The lowest BCUT2D eigenvalue weighted by Crippen LogP contribution is -2.42. The molecule has 1 aliphatic rings. The second-order valence-corrected chi connectivity index (χ2v) is 6.73. The fraction of sp³-hybridized carbons (Fsp3) is 0.429. The minimum atomic E-state index is 0.229. The third kappa shape index (κ3) is 4.59.